The van der Waals surface area contributed by atoms with Gasteiger partial charge in [0.1, 0.15) is 5.25 Å². The van der Waals surface area contributed by atoms with E-state index in [4.69, 9.17) is 16.2 Å². The summed E-state index contributed by atoms with van der Waals surface area (Å²) in [6.07, 6.45) is 0. The van der Waals surface area contributed by atoms with Crippen molar-refractivity contribution in [1.29, 1.82) is 0 Å². The Morgan fingerprint density at radius 3 is 2.36 bits per heavy atom. The van der Waals surface area contributed by atoms with E-state index >= 15 is 0 Å². The first-order valence-corrected chi connectivity index (χ1v) is 7.48. The number of esters is 1. The van der Waals surface area contributed by atoms with Gasteiger partial charge in [0.05, 0.1) is 0 Å². The lowest BCUT2D eigenvalue weighted by molar-refractivity contribution is -0.144. The highest BCUT2D eigenvalue weighted by Gasteiger charge is 2.17. The maximum absolute atomic E-state index is 12.0. The maximum atomic E-state index is 12.0. The van der Waals surface area contributed by atoms with Crippen LogP contribution >= 0.6 is 11.8 Å². The van der Waals surface area contributed by atoms with Crippen LogP contribution in [0.2, 0.25) is 0 Å². The number of aryl methyl sites for hydroxylation is 1. The third-order valence-corrected chi connectivity index (χ3v) is 3.82. The van der Waals surface area contributed by atoms with E-state index in [0.717, 1.165) is 4.90 Å². The van der Waals surface area contributed by atoms with Gasteiger partial charge in [-0.25, -0.2) is 0 Å². The third kappa shape index (κ3) is 4.59. The van der Waals surface area contributed by atoms with Crippen LogP contribution in [-0.2, 0) is 16.1 Å². The Kier molecular flexibility index (Phi) is 5.16. The molecule has 116 valence electrons. The van der Waals surface area contributed by atoms with Crippen molar-refractivity contribution >= 4 is 29.6 Å². The van der Waals surface area contributed by atoms with Gasteiger partial charge in [-0.05, 0) is 26.0 Å². The number of thioether (sulfide) groups is 1. The van der Waals surface area contributed by atoms with Crippen LogP contribution < -0.4 is 11.5 Å². The van der Waals surface area contributed by atoms with Crippen molar-refractivity contribution in [2.24, 2.45) is 0 Å². The van der Waals surface area contributed by atoms with E-state index < -0.39 is 0 Å². The maximum Gasteiger partial charge on any atom is 0.319 e. The van der Waals surface area contributed by atoms with Gasteiger partial charge in [-0.1, -0.05) is 17.7 Å². The van der Waals surface area contributed by atoms with Gasteiger partial charge in [0, 0.05) is 4.90 Å². The minimum absolute atomic E-state index is 0.000581. The summed E-state index contributed by atoms with van der Waals surface area (Å²) in [7, 11) is 0. The fraction of sp³-hybridized carbons (Fsp3) is 0.286. The average Bonchev–Trinajstić information content (AvgIpc) is 2.46. The van der Waals surface area contributed by atoms with Crippen LogP contribution in [-0.4, -0.2) is 26.2 Å². The minimum Gasteiger partial charge on any atom is -0.457 e. The first kappa shape index (κ1) is 16.0. The average molecular weight is 319 g/mol. The second kappa shape index (κ2) is 7.08. The predicted molar refractivity (Wildman–Crippen MR) is 84.9 cm³/mol. The number of nitrogens with zero attached hydrogens (tertiary/aromatic N) is 3. The number of rotatable bonds is 5. The standard InChI is InChI=1S/C14H17N5O2S/c1-8-3-5-10(6-4-8)22-9(2)12(20)21-7-11-17-13(15)19-14(16)18-11/h3-6,9H,7H2,1-2H3,(H4,15,16,17,18,19)/t9-/m1/s1. The third-order valence-electron chi connectivity index (χ3n) is 2.73. The molecule has 0 radical (unpaired) electrons. The van der Waals surface area contributed by atoms with Crippen LogP contribution in [0.25, 0.3) is 0 Å². The molecule has 2 rings (SSSR count). The van der Waals surface area contributed by atoms with Crippen molar-refractivity contribution in [2.75, 3.05) is 11.5 Å². The molecule has 0 saturated carbocycles. The molecule has 7 nitrogen and oxygen atoms in total. The van der Waals surface area contributed by atoms with Crippen molar-refractivity contribution < 1.29 is 9.53 Å². The quantitative estimate of drug-likeness (QED) is 0.630. The summed E-state index contributed by atoms with van der Waals surface area (Å²) >= 11 is 1.42. The monoisotopic (exact) mass is 319 g/mol. The highest BCUT2D eigenvalue weighted by atomic mass is 32.2. The zero-order valence-electron chi connectivity index (χ0n) is 12.3. The molecule has 0 fully saturated rings. The van der Waals surface area contributed by atoms with Gasteiger partial charge in [-0.15, -0.1) is 11.8 Å². The molecule has 8 heteroatoms. The Bertz CT molecular complexity index is 643. The number of ether oxygens (including phenoxy) is 1. The van der Waals surface area contributed by atoms with Gasteiger partial charge >= 0.3 is 5.97 Å². The number of benzene rings is 1. The highest BCUT2D eigenvalue weighted by molar-refractivity contribution is 8.00. The number of aromatic nitrogens is 3. The van der Waals surface area contributed by atoms with Crippen molar-refractivity contribution in [3.8, 4) is 0 Å². The summed E-state index contributed by atoms with van der Waals surface area (Å²) < 4.78 is 5.17. The second-order valence-electron chi connectivity index (χ2n) is 4.65. The first-order valence-electron chi connectivity index (χ1n) is 6.60. The summed E-state index contributed by atoms with van der Waals surface area (Å²) in [6.45, 7) is 3.70. The fourth-order valence-corrected chi connectivity index (χ4v) is 2.51. The Balaban J connectivity index is 1.89. The fourth-order valence-electron chi connectivity index (χ4n) is 1.64. The molecule has 1 heterocycles. The predicted octanol–water partition coefficient (Wildman–Crippen LogP) is 1.57. The lowest BCUT2D eigenvalue weighted by Crippen LogP contribution is -2.18. The molecule has 4 N–H and O–H groups in total. The summed E-state index contributed by atoms with van der Waals surface area (Å²) in [6, 6.07) is 7.93. The number of anilines is 2. The summed E-state index contributed by atoms with van der Waals surface area (Å²) in [5, 5.41) is -0.348. The summed E-state index contributed by atoms with van der Waals surface area (Å²) in [5.41, 5.74) is 12.1. The number of carbonyl (C=O) groups is 1. The second-order valence-corrected chi connectivity index (χ2v) is 6.06. The van der Waals surface area contributed by atoms with E-state index in [1.165, 1.54) is 17.3 Å². The number of carbonyl (C=O) groups excluding carboxylic acids is 1. The highest BCUT2D eigenvalue weighted by Crippen LogP contribution is 2.24. The zero-order chi connectivity index (χ0) is 16.1. The summed E-state index contributed by atoms with van der Waals surface area (Å²) in [4.78, 5) is 24.3. The van der Waals surface area contributed by atoms with Crippen LogP contribution in [0.4, 0.5) is 11.9 Å². The Morgan fingerprint density at radius 1 is 1.18 bits per heavy atom. The first-order chi connectivity index (χ1) is 10.4. The van der Waals surface area contributed by atoms with Crippen LogP contribution in [0.3, 0.4) is 0 Å². The molecular weight excluding hydrogens is 302 g/mol. The molecule has 22 heavy (non-hydrogen) atoms. The van der Waals surface area contributed by atoms with Crippen molar-refractivity contribution in [3.63, 3.8) is 0 Å². The van der Waals surface area contributed by atoms with Crippen LogP contribution in [0, 0.1) is 6.92 Å². The van der Waals surface area contributed by atoms with E-state index in [0.29, 0.717) is 0 Å². The Labute approximate surface area is 132 Å². The van der Waals surface area contributed by atoms with Gasteiger partial charge < -0.3 is 16.2 Å². The molecule has 1 atom stereocenters. The molecular formula is C14H17N5O2S. The molecule has 0 aliphatic carbocycles. The molecule has 0 spiro atoms. The normalized spacial score (nSPS) is 11.9. The van der Waals surface area contributed by atoms with Gasteiger partial charge in [0.15, 0.2) is 12.4 Å². The SMILES string of the molecule is Cc1ccc(S[C@H](C)C(=O)OCc2nc(N)nc(N)n2)cc1. The number of nitrogen functional groups attached to an aromatic ring is 2. The van der Waals surface area contributed by atoms with Gasteiger partial charge in [0.25, 0.3) is 0 Å². The Hall–Kier alpha value is -2.35. The number of hydrogen-bond acceptors (Lipinski definition) is 8. The van der Waals surface area contributed by atoms with Gasteiger partial charge in [-0.3, -0.25) is 4.79 Å². The van der Waals surface area contributed by atoms with E-state index in [1.54, 1.807) is 6.92 Å². The Morgan fingerprint density at radius 2 is 1.77 bits per heavy atom. The smallest absolute Gasteiger partial charge is 0.319 e. The minimum atomic E-state index is -0.358. The molecule has 0 unspecified atom stereocenters. The van der Waals surface area contributed by atoms with Gasteiger partial charge in [0.2, 0.25) is 11.9 Å². The van der Waals surface area contributed by atoms with Crippen LogP contribution in [0.1, 0.15) is 18.3 Å². The van der Waals surface area contributed by atoms with Crippen LogP contribution in [0.15, 0.2) is 29.2 Å². The molecule has 1 aromatic carbocycles. The molecule has 0 bridgehead atoms. The van der Waals surface area contributed by atoms with Crippen molar-refractivity contribution in [2.45, 2.75) is 30.6 Å². The van der Waals surface area contributed by atoms with E-state index in [2.05, 4.69) is 15.0 Å². The molecule has 2 aromatic rings. The van der Waals surface area contributed by atoms with Crippen molar-refractivity contribution in [3.05, 3.63) is 35.7 Å². The summed E-state index contributed by atoms with van der Waals surface area (Å²) in [5.74, 6) is -0.129. The molecule has 0 amide bonds. The lowest BCUT2D eigenvalue weighted by atomic mass is 10.2. The zero-order valence-corrected chi connectivity index (χ0v) is 13.1. The largest absolute Gasteiger partial charge is 0.457 e. The molecule has 0 saturated heterocycles. The molecule has 0 aliphatic heterocycles. The number of hydrogen-bond donors (Lipinski definition) is 2. The van der Waals surface area contributed by atoms with Gasteiger partial charge in [-0.2, -0.15) is 15.0 Å². The topological polar surface area (TPSA) is 117 Å². The lowest BCUT2D eigenvalue weighted by Gasteiger charge is -2.11. The van der Waals surface area contributed by atoms with E-state index in [1.807, 2.05) is 31.2 Å². The van der Waals surface area contributed by atoms with Crippen LogP contribution in [0.5, 0.6) is 0 Å². The van der Waals surface area contributed by atoms with Crippen molar-refractivity contribution in [1.82, 2.24) is 15.0 Å². The molecule has 0 aliphatic rings. The van der Waals surface area contributed by atoms with E-state index in [9.17, 15) is 4.79 Å². The molecule has 1 aromatic heterocycles. The van der Waals surface area contributed by atoms with E-state index in [-0.39, 0.29) is 35.5 Å². The number of nitrogens with two attached hydrogens (primary N) is 2.